The molecule has 8 aromatic rings. The Kier molecular flexibility index (Phi) is 23.1. The minimum atomic E-state index is -0.472. The number of nitrogens with one attached hydrogen (secondary N) is 2. The normalized spacial score (nSPS) is 11.3. The van der Waals surface area contributed by atoms with Gasteiger partial charge in [0.25, 0.3) is 0 Å². The number of rotatable bonds is 8. The third-order valence-electron chi connectivity index (χ3n) is 11.3. The fourth-order valence-electron chi connectivity index (χ4n) is 7.20. The van der Waals surface area contributed by atoms with Crippen molar-refractivity contribution >= 4 is 48.6 Å². The molecule has 0 aliphatic carbocycles. The summed E-state index contributed by atoms with van der Waals surface area (Å²) in [6.45, 7) is 27.2. The molecule has 0 amide bonds. The van der Waals surface area contributed by atoms with Gasteiger partial charge < -0.3 is 32.8 Å². The molecule has 2 N–H and O–H groups in total. The quantitative estimate of drug-likeness (QED) is 0.113. The van der Waals surface area contributed by atoms with Gasteiger partial charge in [0.1, 0.15) is 11.6 Å². The van der Waals surface area contributed by atoms with Gasteiger partial charge >= 0.3 is 35.3 Å². The van der Waals surface area contributed by atoms with E-state index in [2.05, 4.69) is 180 Å². The number of anilines is 4. The van der Waals surface area contributed by atoms with E-state index < -0.39 is 16.5 Å². The summed E-state index contributed by atoms with van der Waals surface area (Å²) in [4.78, 5) is 36.2. The van der Waals surface area contributed by atoms with Crippen LogP contribution in [0.1, 0.15) is 107 Å². The summed E-state index contributed by atoms with van der Waals surface area (Å²) in [6, 6.07) is 46.5. The first-order valence-corrected chi connectivity index (χ1v) is 28.7. The van der Waals surface area contributed by atoms with Crippen LogP contribution in [0, 0.1) is 6.07 Å². The van der Waals surface area contributed by atoms with Crippen molar-refractivity contribution in [2.45, 2.75) is 105 Å². The van der Waals surface area contributed by atoms with Crippen LogP contribution in [0.2, 0.25) is 0 Å². The van der Waals surface area contributed by atoms with Gasteiger partial charge in [0.15, 0.2) is 0 Å². The molecule has 73 heavy (non-hydrogen) atoms. The SMILES string of the molecule is CC(C)(C)c1ccnc(-c2[c-]c(Nc3cccc(-c4cc(C(C)(C)C)ccn4)n3)ccc2)c1.CC(C)(C)c1ccnc(-c2cccc(Nc3cccc(-c4cc(C(C)(C)C)ccn4)n3)c2)c1.[2H][C-]=O.[Cl-].[Cl][Pt][Cl].[Pt]. The van der Waals surface area contributed by atoms with E-state index in [1.807, 2.05) is 91.5 Å². The predicted octanol–water partition coefficient (Wildman–Crippen LogP) is 13.0. The summed E-state index contributed by atoms with van der Waals surface area (Å²) < 4.78 is 5.40. The standard InChI is InChI=1S/C29H32N4.C29H31N4.CHO.3ClH.2Pt/c2*1-28(2,3)21-13-15-30-25(18-21)20-9-7-10-23(17-20)32-27-12-8-11-24(33-27)26-19-22(14-16-31-26)29(4,5)6;1-2;;;;;/h7-19H,1-6H3,(H,32,33);7-16,18-19H,1-6H3,(H,32,33);1H;3*1H;;/q;2*-1;;;;;+2/p-3/i;;1D;;;;;. The number of nitrogens with zero attached hydrogens (tertiary/aromatic N) is 6. The molecule has 14 heteroatoms. The van der Waals surface area contributed by atoms with E-state index in [-0.39, 0.29) is 55.1 Å². The van der Waals surface area contributed by atoms with Crippen molar-refractivity contribution in [2.75, 3.05) is 10.6 Å². The fraction of sp³-hybridized carbons (Fsp3) is 0.271. The van der Waals surface area contributed by atoms with E-state index in [4.69, 9.17) is 35.0 Å². The van der Waals surface area contributed by atoms with Gasteiger partial charge in [0.05, 0.1) is 28.5 Å². The summed E-state index contributed by atoms with van der Waals surface area (Å²) in [6.07, 6.45) is 7.47. The van der Waals surface area contributed by atoms with Crippen molar-refractivity contribution < 1.29 is 56.1 Å². The van der Waals surface area contributed by atoms with E-state index >= 15 is 0 Å². The van der Waals surface area contributed by atoms with E-state index in [1.54, 1.807) is 0 Å². The molecule has 8 rings (SSSR count). The second-order valence-corrected chi connectivity index (χ2v) is 24.2. The second-order valence-electron chi connectivity index (χ2n) is 20.9. The molecule has 0 aliphatic heterocycles. The Bertz CT molecular complexity index is 2650. The first kappa shape index (κ1) is 60.4. The van der Waals surface area contributed by atoms with Crippen LogP contribution in [0.5, 0.6) is 0 Å². The minimum absolute atomic E-state index is 0. The van der Waals surface area contributed by atoms with Crippen molar-refractivity contribution in [3.63, 3.8) is 0 Å². The van der Waals surface area contributed by atoms with Gasteiger partial charge in [0, 0.05) is 57.1 Å². The molecule has 9 nitrogen and oxygen atoms in total. The van der Waals surface area contributed by atoms with Crippen molar-refractivity contribution in [1.82, 2.24) is 29.9 Å². The van der Waals surface area contributed by atoms with Crippen LogP contribution in [-0.2, 0) is 64.0 Å². The van der Waals surface area contributed by atoms with Gasteiger partial charge in [-0.15, -0.1) is 29.8 Å². The monoisotopic (exact) mass is 1400 g/mol. The van der Waals surface area contributed by atoms with E-state index in [0.29, 0.717) is 0 Å². The van der Waals surface area contributed by atoms with Crippen molar-refractivity contribution in [3.05, 3.63) is 181 Å². The molecule has 6 heterocycles. The summed E-state index contributed by atoms with van der Waals surface area (Å²) in [5.74, 6) is 1.53. The number of carbonyl (C=O) groups excluding carboxylic acids is 1. The number of pyridine rings is 6. The number of hydrogen-bond donors (Lipinski definition) is 2. The molecule has 0 atom stereocenters. The van der Waals surface area contributed by atoms with Crippen LogP contribution < -0.4 is 23.0 Å². The van der Waals surface area contributed by atoms with Gasteiger partial charge in [-0.05, 0) is 134 Å². The molecular weight excluding hydrogens is 1330 g/mol. The Labute approximate surface area is 472 Å². The molecule has 0 saturated carbocycles. The van der Waals surface area contributed by atoms with Crippen LogP contribution in [0.15, 0.2) is 152 Å². The summed E-state index contributed by atoms with van der Waals surface area (Å²) in [5, 5.41) is 6.84. The molecule has 0 saturated heterocycles. The molecule has 390 valence electrons. The van der Waals surface area contributed by atoms with Crippen LogP contribution in [0.25, 0.3) is 45.3 Å². The van der Waals surface area contributed by atoms with Gasteiger partial charge in [-0.25, -0.2) is 9.97 Å². The minimum Gasteiger partial charge on any atom is 0 e. The van der Waals surface area contributed by atoms with Gasteiger partial charge in [-0.1, -0.05) is 113 Å². The number of benzene rings is 2. The molecule has 0 aliphatic rings. The first-order chi connectivity index (χ1) is 34.0. The zero-order chi connectivity index (χ0) is 52.7. The molecule has 6 aromatic heterocycles. The van der Waals surface area contributed by atoms with Gasteiger partial charge in [-0.2, -0.15) is 1.37 Å². The Balaban J connectivity index is 0.000000344. The Morgan fingerprint density at radius 3 is 1.32 bits per heavy atom. The molecular formula is C59H64Cl3N8OPt2-3. The van der Waals surface area contributed by atoms with Crippen LogP contribution in [0.3, 0.4) is 0 Å². The molecule has 0 spiro atoms. The molecule has 0 radical (unpaired) electrons. The molecule has 0 bridgehead atoms. The maximum absolute atomic E-state index is 8.35. The zero-order valence-corrected chi connectivity index (χ0v) is 50.1. The Morgan fingerprint density at radius 2 is 0.863 bits per heavy atom. The number of aromatic nitrogens is 6. The average Bonchev–Trinajstić information content (AvgIpc) is 3.34. The predicted molar refractivity (Wildman–Crippen MR) is 293 cm³/mol. The second kappa shape index (κ2) is 27.9. The third kappa shape index (κ3) is 18.6. The van der Waals surface area contributed by atoms with Gasteiger partial charge in [0.2, 0.25) is 0 Å². The third-order valence-corrected chi connectivity index (χ3v) is 11.3. The maximum Gasteiger partial charge on any atom is 0 e. The van der Waals surface area contributed by atoms with Crippen LogP contribution in [-0.4, -0.2) is 36.7 Å². The molecule has 0 fully saturated rings. The van der Waals surface area contributed by atoms with Gasteiger partial charge in [-0.3, -0.25) is 21.7 Å². The van der Waals surface area contributed by atoms with E-state index in [9.17, 15) is 0 Å². The Hall–Kier alpha value is -5.14. The fourth-order valence-corrected chi connectivity index (χ4v) is 7.20. The summed E-state index contributed by atoms with van der Waals surface area (Å²) in [5.41, 5.74) is 14.4. The zero-order valence-electron chi connectivity index (χ0n) is 44.3. The molecule has 2 aromatic carbocycles. The van der Waals surface area contributed by atoms with Crippen molar-refractivity contribution in [3.8, 4) is 45.3 Å². The van der Waals surface area contributed by atoms with Crippen LogP contribution >= 0.6 is 18.8 Å². The topological polar surface area (TPSA) is 118 Å². The number of halogens is 3. The number of hydrogen-bond acceptors (Lipinski definition) is 9. The van der Waals surface area contributed by atoms with E-state index in [0.717, 1.165) is 75.1 Å². The van der Waals surface area contributed by atoms with Crippen molar-refractivity contribution in [1.29, 1.82) is 0 Å². The molecule has 0 unspecified atom stereocenters. The smallest absolute Gasteiger partial charge is 0 e. The summed E-state index contributed by atoms with van der Waals surface area (Å²) in [7, 11) is 9.75. The summed E-state index contributed by atoms with van der Waals surface area (Å²) >= 11 is -0.472. The first-order valence-electron chi connectivity index (χ1n) is 23.6. The van der Waals surface area contributed by atoms with Crippen molar-refractivity contribution in [2.24, 2.45) is 0 Å². The van der Waals surface area contributed by atoms with Crippen LogP contribution in [0.4, 0.5) is 23.0 Å². The Morgan fingerprint density at radius 1 is 0.493 bits per heavy atom. The largest absolute Gasteiger partial charge is 0 e. The maximum atomic E-state index is 8.35. The van der Waals surface area contributed by atoms with E-state index in [1.165, 1.54) is 22.3 Å². The average molecular weight is 1400 g/mol.